The molecular formula is C23H29N3O3+2. The maximum atomic E-state index is 13.0. The lowest BCUT2D eigenvalue weighted by atomic mass is 10.0. The van der Waals surface area contributed by atoms with Gasteiger partial charge in [0, 0.05) is 17.2 Å². The largest absolute Gasteiger partial charge is 0.454 e. The third kappa shape index (κ3) is 4.23. The first kappa shape index (κ1) is 18.5. The molecule has 3 N–H and O–H groups in total. The molecule has 2 fully saturated rings. The molecule has 2 aliphatic heterocycles. The highest BCUT2D eigenvalue weighted by molar-refractivity contribution is 5.82. The Morgan fingerprint density at radius 1 is 1.00 bits per heavy atom. The average Bonchev–Trinajstić information content (AvgIpc) is 3.43. The number of benzene rings is 2. The number of rotatable bonds is 6. The molecule has 1 atom stereocenters. The van der Waals surface area contributed by atoms with Crippen molar-refractivity contribution in [1.82, 2.24) is 5.32 Å². The van der Waals surface area contributed by atoms with Crippen LogP contribution in [0.3, 0.4) is 0 Å². The molecule has 3 aliphatic rings. The zero-order chi connectivity index (χ0) is 19.6. The molecule has 2 aromatic carbocycles. The summed E-state index contributed by atoms with van der Waals surface area (Å²) in [6, 6.07) is 16.8. The number of fused-ring (bicyclic) bond motifs is 1. The number of hydrogen-bond donors (Lipinski definition) is 3. The third-order valence-corrected chi connectivity index (χ3v) is 6.22. The zero-order valence-corrected chi connectivity index (χ0v) is 16.7. The van der Waals surface area contributed by atoms with Crippen LogP contribution in [0.1, 0.15) is 30.0 Å². The number of ether oxygens (including phenoxy) is 2. The van der Waals surface area contributed by atoms with Crippen molar-refractivity contribution >= 4 is 5.91 Å². The quantitative estimate of drug-likeness (QED) is 0.631. The highest BCUT2D eigenvalue weighted by Crippen LogP contribution is 2.32. The van der Waals surface area contributed by atoms with E-state index in [9.17, 15) is 4.79 Å². The van der Waals surface area contributed by atoms with E-state index in [1.807, 2.05) is 24.3 Å². The van der Waals surface area contributed by atoms with Crippen LogP contribution in [-0.2, 0) is 11.3 Å². The minimum Gasteiger partial charge on any atom is -0.454 e. The fraction of sp³-hybridized carbons (Fsp3) is 0.435. The van der Waals surface area contributed by atoms with E-state index in [2.05, 4.69) is 29.6 Å². The first-order chi connectivity index (χ1) is 14.3. The smallest absolute Gasteiger partial charge is 0.283 e. The van der Waals surface area contributed by atoms with Crippen LogP contribution in [-0.4, -0.2) is 44.9 Å². The highest BCUT2D eigenvalue weighted by atomic mass is 16.7. The molecule has 1 saturated carbocycles. The van der Waals surface area contributed by atoms with E-state index in [1.54, 1.807) is 4.90 Å². The van der Waals surface area contributed by atoms with Gasteiger partial charge in [0.15, 0.2) is 17.5 Å². The van der Waals surface area contributed by atoms with E-state index in [1.165, 1.54) is 10.5 Å². The van der Waals surface area contributed by atoms with Gasteiger partial charge in [0.2, 0.25) is 6.79 Å². The van der Waals surface area contributed by atoms with E-state index in [0.29, 0.717) is 12.8 Å². The van der Waals surface area contributed by atoms with Crippen LogP contribution in [0.5, 0.6) is 11.5 Å². The number of nitrogens with one attached hydrogen (secondary N) is 3. The maximum Gasteiger partial charge on any atom is 0.283 e. The molecule has 0 spiro atoms. The summed E-state index contributed by atoms with van der Waals surface area (Å²) in [5, 5.41) is 3.23. The number of carbonyl (C=O) groups excluding carboxylic acids is 1. The lowest BCUT2D eigenvalue weighted by Gasteiger charge is -2.34. The van der Waals surface area contributed by atoms with E-state index in [4.69, 9.17) is 9.47 Å². The summed E-state index contributed by atoms with van der Waals surface area (Å²) in [6.07, 6.45) is 2.24. The molecule has 5 rings (SSSR count). The Balaban J connectivity index is 1.23. The van der Waals surface area contributed by atoms with Crippen LogP contribution in [0.25, 0.3) is 0 Å². The van der Waals surface area contributed by atoms with E-state index < -0.39 is 0 Å². The predicted octanol–water partition coefficient (Wildman–Crippen LogP) is -0.281. The fourth-order valence-electron chi connectivity index (χ4n) is 4.46. The van der Waals surface area contributed by atoms with E-state index in [0.717, 1.165) is 62.6 Å². The van der Waals surface area contributed by atoms with Crippen molar-refractivity contribution in [3.8, 4) is 11.5 Å². The minimum absolute atomic E-state index is 0.108. The Labute approximate surface area is 171 Å². The molecule has 1 aliphatic carbocycles. The Morgan fingerprint density at radius 2 is 1.76 bits per heavy atom. The van der Waals surface area contributed by atoms with Gasteiger partial charge in [-0.2, -0.15) is 0 Å². The fourth-order valence-corrected chi connectivity index (χ4v) is 4.46. The summed E-state index contributed by atoms with van der Waals surface area (Å²) in [7, 11) is 0. The molecule has 6 nitrogen and oxygen atoms in total. The summed E-state index contributed by atoms with van der Waals surface area (Å²) in [5.74, 6) is 1.88. The number of amides is 1. The van der Waals surface area contributed by atoms with Crippen LogP contribution in [0, 0.1) is 0 Å². The Morgan fingerprint density at radius 3 is 2.52 bits per heavy atom. The van der Waals surface area contributed by atoms with Gasteiger partial charge in [0.25, 0.3) is 5.91 Å². The molecule has 1 amide bonds. The summed E-state index contributed by atoms with van der Waals surface area (Å²) in [6.45, 7) is 5.41. The average molecular weight is 396 g/mol. The second-order valence-corrected chi connectivity index (χ2v) is 8.40. The Kier molecular flexibility index (Phi) is 5.12. The van der Waals surface area contributed by atoms with Gasteiger partial charge in [0.05, 0.1) is 0 Å². The second-order valence-electron chi connectivity index (χ2n) is 8.40. The lowest BCUT2D eigenvalue weighted by Crippen LogP contribution is -3.28. The molecule has 0 bridgehead atoms. The van der Waals surface area contributed by atoms with Crippen molar-refractivity contribution in [3.63, 3.8) is 0 Å². The summed E-state index contributed by atoms with van der Waals surface area (Å²) >= 11 is 0. The van der Waals surface area contributed by atoms with Crippen LogP contribution in [0.4, 0.5) is 0 Å². The lowest BCUT2D eigenvalue weighted by molar-refractivity contribution is -1.03. The van der Waals surface area contributed by atoms with Crippen LogP contribution >= 0.6 is 0 Å². The van der Waals surface area contributed by atoms with Crippen LogP contribution in [0.15, 0.2) is 48.5 Å². The van der Waals surface area contributed by atoms with Gasteiger partial charge in [-0.1, -0.05) is 30.3 Å². The van der Waals surface area contributed by atoms with Gasteiger partial charge in [-0.05, 0) is 31.0 Å². The van der Waals surface area contributed by atoms with Gasteiger partial charge in [-0.3, -0.25) is 4.79 Å². The van der Waals surface area contributed by atoms with Crippen molar-refractivity contribution in [2.45, 2.75) is 31.5 Å². The topological polar surface area (TPSA) is 56.4 Å². The Hall–Kier alpha value is -2.57. The summed E-state index contributed by atoms with van der Waals surface area (Å²) in [5.41, 5.74) is 2.40. The van der Waals surface area contributed by atoms with Gasteiger partial charge in [0.1, 0.15) is 32.7 Å². The second kappa shape index (κ2) is 8.05. The number of carbonyl (C=O) groups is 1. The third-order valence-electron chi connectivity index (χ3n) is 6.22. The highest BCUT2D eigenvalue weighted by Gasteiger charge is 2.37. The predicted molar refractivity (Wildman–Crippen MR) is 108 cm³/mol. The van der Waals surface area contributed by atoms with E-state index >= 15 is 0 Å². The van der Waals surface area contributed by atoms with Crippen LogP contribution in [0.2, 0.25) is 0 Å². The summed E-state index contributed by atoms with van der Waals surface area (Å²) in [4.78, 5) is 15.9. The van der Waals surface area contributed by atoms with Crippen molar-refractivity contribution in [3.05, 3.63) is 59.7 Å². The normalized spacial score (nSPS) is 24.1. The minimum atomic E-state index is -0.108. The van der Waals surface area contributed by atoms with Crippen LogP contribution < -0.4 is 24.6 Å². The monoisotopic (exact) mass is 395 g/mol. The standard InChI is InChI=1S/C23H27N3O3/c27-23(24-19-7-8-19)22(18-4-2-1-3-5-18)26-12-10-25(11-13-26)15-17-6-9-20-21(14-17)29-16-28-20/h1-6,9,14,19,22H,7-8,10-13,15-16H2,(H,24,27)/p+2/t22-/m0/s1. The van der Waals surface area contributed by atoms with Gasteiger partial charge >= 0.3 is 0 Å². The van der Waals surface area contributed by atoms with Crippen molar-refractivity contribution in [1.29, 1.82) is 0 Å². The van der Waals surface area contributed by atoms with Gasteiger partial charge < -0.3 is 24.6 Å². The first-order valence-corrected chi connectivity index (χ1v) is 10.7. The van der Waals surface area contributed by atoms with Gasteiger partial charge in [-0.25, -0.2) is 0 Å². The van der Waals surface area contributed by atoms with Crippen molar-refractivity contribution < 1.29 is 24.1 Å². The molecular weight excluding hydrogens is 366 g/mol. The van der Waals surface area contributed by atoms with Crippen molar-refractivity contribution in [2.75, 3.05) is 33.0 Å². The SMILES string of the molecule is O=C(NC1CC1)[C@H](c1ccccc1)[NH+]1CC[NH+](Cc2ccc3c(c2)OCO3)CC1. The van der Waals surface area contributed by atoms with Crippen molar-refractivity contribution in [2.24, 2.45) is 0 Å². The molecule has 2 heterocycles. The molecule has 0 unspecified atom stereocenters. The van der Waals surface area contributed by atoms with Gasteiger partial charge in [-0.15, -0.1) is 0 Å². The maximum absolute atomic E-state index is 13.0. The van der Waals surface area contributed by atoms with E-state index in [-0.39, 0.29) is 11.9 Å². The molecule has 29 heavy (non-hydrogen) atoms. The number of hydrogen-bond acceptors (Lipinski definition) is 3. The molecule has 0 aromatic heterocycles. The molecule has 1 saturated heterocycles. The number of quaternary nitrogens is 2. The molecule has 2 aromatic rings. The zero-order valence-electron chi connectivity index (χ0n) is 16.7. The molecule has 6 heteroatoms. The Bertz CT molecular complexity index is 861. The molecule has 0 radical (unpaired) electrons. The first-order valence-electron chi connectivity index (χ1n) is 10.7. The summed E-state index contributed by atoms with van der Waals surface area (Å²) < 4.78 is 10.9. The number of piperazine rings is 1. The molecule has 152 valence electrons.